The number of esters is 2. The Morgan fingerprint density at radius 2 is 1.91 bits per heavy atom. The van der Waals surface area contributed by atoms with Crippen LogP contribution in [0.3, 0.4) is 0 Å². The minimum absolute atomic E-state index is 0.0627. The summed E-state index contributed by atoms with van der Waals surface area (Å²) in [6.07, 6.45) is 3.54. The summed E-state index contributed by atoms with van der Waals surface area (Å²) in [4.78, 5) is 29.2. The summed E-state index contributed by atoms with van der Waals surface area (Å²) in [5.41, 5.74) is 0.106. The van der Waals surface area contributed by atoms with Crippen molar-refractivity contribution in [3.63, 3.8) is 0 Å². The van der Waals surface area contributed by atoms with Crippen LogP contribution in [0.4, 0.5) is 0 Å². The molecule has 0 radical (unpaired) electrons. The molecule has 1 aromatic carbocycles. The fourth-order valence-corrected chi connectivity index (χ4v) is 9.07. The number of piperidine rings is 1. The Bertz CT molecular complexity index is 1130. The molecular weight excluding hydrogens is 446 g/mol. The second kappa shape index (κ2) is 6.45. The van der Waals surface area contributed by atoms with Crippen LogP contribution in [-0.4, -0.2) is 63.4 Å². The zero-order valence-corrected chi connectivity index (χ0v) is 20.2. The Labute approximate surface area is 197 Å². The number of carbonyl (C=O) groups is 2. The molecule has 2 spiro atoms. The topological polar surface area (TPSA) is 74.3 Å². The summed E-state index contributed by atoms with van der Waals surface area (Å²) in [5, 5.41) is 0.555. The number of hydrogen-bond donors (Lipinski definition) is 0. The molecule has 7 rings (SSSR count). The molecule has 0 N–H and O–H groups in total. The van der Waals surface area contributed by atoms with E-state index >= 15 is 0 Å². The number of fused-ring (bicyclic) bond motifs is 1. The number of hydrogen-bond acceptors (Lipinski definition) is 7. The predicted octanol–water partition coefficient (Wildman–Crippen LogP) is 2.68. The van der Waals surface area contributed by atoms with Crippen LogP contribution in [0.1, 0.15) is 24.5 Å². The van der Waals surface area contributed by atoms with Crippen molar-refractivity contribution < 1.29 is 28.5 Å². The smallest absolute Gasteiger partial charge is 0.310 e. The van der Waals surface area contributed by atoms with Crippen molar-refractivity contribution >= 4 is 23.5 Å². The highest BCUT2D eigenvalue weighted by atomic mass is 35.5. The number of likely N-dealkylation sites (tertiary alicyclic amines) is 1. The Balaban J connectivity index is 1.77. The lowest BCUT2D eigenvalue weighted by atomic mass is 9.31. The van der Waals surface area contributed by atoms with Gasteiger partial charge < -0.3 is 23.8 Å². The maximum atomic E-state index is 13.6. The number of halogens is 1. The highest BCUT2D eigenvalue weighted by Crippen LogP contribution is 2.79. The molecule has 2 heterocycles. The van der Waals surface area contributed by atoms with Gasteiger partial charge in [0.25, 0.3) is 0 Å². The third kappa shape index (κ3) is 2.01. The molecule has 8 heteroatoms. The van der Waals surface area contributed by atoms with Crippen molar-refractivity contribution in [1.82, 2.24) is 4.90 Å². The molecule has 2 aliphatic heterocycles. The van der Waals surface area contributed by atoms with Crippen molar-refractivity contribution in [3.05, 3.63) is 34.4 Å². The standard InChI is InChI=1S/C25H28ClNO6/c1-23-18-13(26)11-24(19(22(29)32-5)16(18)21(28)31-4)15-10-12-6-7-14(30-3)20(33-23)17(12)25(23,24)8-9-27(15)2/h6-7,11,15-16,18-19H,8-10H2,1-5H3/t15-,16-,18-,19+,23-,24+,25+/m1/s1. The van der Waals surface area contributed by atoms with Crippen LogP contribution in [-0.2, 0) is 30.9 Å². The highest BCUT2D eigenvalue weighted by Gasteiger charge is 2.85. The van der Waals surface area contributed by atoms with Gasteiger partial charge in [0.1, 0.15) is 5.60 Å². The van der Waals surface area contributed by atoms with Gasteiger partial charge in [-0.05, 0) is 45.0 Å². The Morgan fingerprint density at radius 3 is 2.58 bits per heavy atom. The van der Waals surface area contributed by atoms with E-state index in [0.717, 1.165) is 18.5 Å². The molecule has 0 aromatic heterocycles. The molecule has 4 aliphatic carbocycles. The van der Waals surface area contributed by atoms with E-state index < -0.39 is 46.1 Å². The number of ether oxygens (including phenoxy) is 4. The average molecular weight is 474 g/mol. The fourth-order valence-electron chi connectivity index (χ4n) is 8.54. The summed E-state index contributed by atoms with van der Waals surface area (Å²) in [6.45, 7) is 2.90. The minimum Gasteiger partial charge on any atom is -0.493 e. The molecule has 6 aliphatic rings. The largest absolute Gasteiger partial charge is 0.493 e. The van der Waals surface area contributed by atoms with Crippen molar-refractivity contribution in [1.29, 1.82) is 0 Å². The molecule has 4 bridgehead atoms. The van der Waals surface area contributed by atoms with Gasteiger partial charge in [0.2, 0.25) is 0 Å². The van der Waals surface area contributed by atoms with Gasteiger partial charge >= 0.3 is 11.9 Å². The van der Waals surface area contributed by atoms with Gasteiger partial charge in [-0.15, -0.1) is 0 Å². The molecule has 2 fully saturated rings. The number of methoxy groups -OCH3 is 3. The summed E-state index contributed by atoms with van der Waals surface area (Å²) in [7, 11) is 6.45. The van der Waals surface area contributed by atoms with Gasteiger partial charge in [-0.1, -0.05) is 23.7 Å². The van der Waals surface area contributed by atoms with Crippen LogP contribution in [0.15, 0.2) is 23.2 Å². The first-order valence-corrected chi connectivity index (χ1v) is 11.7. The lowest BCUT2D eigenvalue weighted by Gasteiger charge is -2.73. The van der Waals surface area contributed by atoms with Crippen molar-refractivity contribution in [2.45, 2.75) is 36.8 Å². The highest BCUT2D eigenvalue weighted by molar-refractivity contribution is 6.30. The molecule has 33 heavy (non-hydrogen) atoms. The molecule has 7 atom stereocenters. The third-order valence-corrected chi connectivity index (χ3v) is 9.86. The van der Waals surface area contributed by atoms with Crippen LogP contribution in [0, 0.1) is 23.2 Å². The van der Waals surface area contributed by atoms with Gasteiger partial charge in [0, 0.05) is 28.0 Å². The van der Waals surface area contributed by atoms with E-state index in [1.807, 2.05) is 6.07 Å². The quantitative estimate of drug-likeness (QED) is 0.625. The van der Waals surface area contributed by atoms with E-state index in [-0.39, 0.29) is 6.04 Å². The van der Waals surface area contributed by atoms with E-state index in [9.17, 15) is 9.59 Å². The van der Waals surface area contributed by atoms with E-state index in [4.69, 9.17) is 30.5 Å². The van der Waals surface area contributed by atoms with Crippen molar-refractivity contribution in [2.75, 3.05) is 34.9 Å². The second-order valence-corrected chi connectivity index (χ2v) is 10.6. The molecule has 1 aromatic rings. The Morgan fingerprint density at radius 1 is 1.18 bits per heavy atom. The molecule has 7 nitrogen and oxygen atoms in total. The maximum absolute atomic E-state index is 13.6. The fraction of sp³-hybridized carbons (Fsp3) is 0.600. The molecule has 176 valence electrons. The van der Waals surface area contributed by atoms with Gasteiger partial charge in [-0.25, -0.2) is 0 Å². The number of benzene rings is 1. The number of carbonyl (C=O) groups excluding carboxylic acids is 2. The van der Waals surface area contributed by atoms with E-state index in [2.05, 4.69) is 31.0 Å². The first-order valence-electron chi connectivity index (χ1n) is 11.4. The van der Waals surface area contributed by atoms with E-state index in [0.29, 0.717) is 23.0 Å². The Kier molecular flexibility index (Phi) is 4.16. The van der Waals surface area contributed by atoms with Crippen LogP contribution >= 0.6 is 11.6 Å². The number of likely N-dealkylation sites (N-methyl/N-ethyl adjacent to an activating group) is 1. The van der Waals surface area contributed by atoms with Gasteiger partial charge in [0.15, 0.2) is 11.5 Å². The van der Waals surface area contributed by atoms with Gasteiger partial charge in [0.05, 0.1) is 38.6 Å². The van der Waals surface area contributed by atoms with E-state index in [1.54, 1.807) is 7.11 Å². The molecular formula is C25H28ClNO6. The summed E-state index contributed by atoms with van der Waals surface area (Å²) < 4.78 is 23.2. The molecule has 1 saturated carbocycles. The molecule has 0 unspecified atom stereocenters. The summed E-state index contributed by atoms with van der Waals surface area (Å²) in [6, 6.07) is 4.00. The van der Waals surface area contributed by atoms with Crippen LogP contribution in [0.5, 0.6) is 11.5 Å². The molecule has 1 saturated heterocycles. The lowest BCUT2D eigenvalue weighted by molar-refractivity contribution is -0.227. The van der Waals surface area contributed by atoms with Crippen molar-refractivity contribution in [2.24, 2.45) is 23.2 Å². The average Bonchev–Trinajstić information content (AvgIpc) is 3.08. The van der Waals surface area contributed by atoms with Crippen molar-refractivity contribution in [3.8, 4) is 11.5 Å². The van der Waals surface area contributed by atoms with Crippen LogP contribution < -0.4 is 9.47 Å². The number of nitrogens with zero attached hydrogens (tertiary/aromatic N) is 1. The third-order valence-electron chi connectivity index (χ3n) is 9.52. The Hall–Kier alpha value is -2.25. The zero-order valence-electron chi connectivity index (χ0n) is 19.4. The van der Waals surface area contributed by atoms with Crippen LogP contribution in [0.25, 0.3) is 0 Å². The SMILES string of the molecule is COC(=O)[C@H]1[C@@H](C(=O)OC)[C@@]23C=C(Cl)[C@H]1[C@@]1(C)Oc4c(OC)ccc5c4[C@]21CCN(C)[C@@H]3C5. The van der Waals surface area contributed by atoms with Gasteiger partial charge in [-0.2, -0.15) is 0 Å². The zero-order chi connectivity index (χ0) is 23.5. The maximum Gasteiger partial charge on any atom is 0.310 e. The second-order valence-electron chi connectivity index (χ2n) is 10.2. The minimum atomic E-state index is -0.853. The monoisotopic (exact) mass is 473 g/mol. The molecule has 0 amide bonds. The normalized spacial score (nSPS) is 41.6. The number of rotatable bonds is 3. The summed E-state index contributed by atoms with van der Waals surface area (Å²) >= 11 is 7.01. The predicted molar refractivity (Wildman–Crippen MR) is 119 cm³/mol. The summed E-state index contributed by atoms with van der Waals surface area (Å²) in [5.74, 6) is -1.60. The first kappa shape index (κ1) is 21.3. The van der Waals surface area contributed by atoms with E-state index in [1.165, 1.54) is 19.8 Å². The first-order chi connectivity index (χ1) is 15.7. The lowest BCUT2D eigenvalue weighted by Crippen LogP contribution is -2.82. The van der Waals surface area contributed by atoms with Gasteiger partial charge in [-0.3, -0.25) is 9.59 Å². The van der Waals surface area contributed by atoms with Crippen LogP contribution in [0.2, 0.25) is 0 Å².